The maximum absolute atomic E-state index is 12.5. The van der Waals surface area contributed by atoms with Gasteiger partial charge in [-0.25, -0.2) is 8.42 Å². The monoisotopic (exact) mass is 342 g/mol. The molecule has 1 N–H and O–H groups in total. The lowest BCUT2D eigenvalue weighted by molar-refractivity contribution is -0.142. The Labute approximate surface area is 137 Å². The average molecular weight is 342 g/mol. The zero-order valence-corrected chi connectivity index (χ0v) is 14.9. The molecule has 2 saturated heterocycles. The minimum absolute atomic E-state index is 0.0188. The van der Waals surface area contributed by atoms with Gasteiger partial charge < -0.3 is 10.2 Å². The fraction of sp³-hybridized carbons (Fsp3) is 0.875. The maximum atomic E-state index is 12.5. The SMILES string of the molecule is CNC(=O)C1CCS(=O)(=O)C12CN(C(=O)CC(C)(C)C1CC1)C2. The van der Waals surface area contributed by atoms with Crippen LogP contribution in [0.15, 0.2) is 0 Å². The number of sulfone groups is 1. The van der Waals surface area contributed by atoms with Crippen molar-refractivity contribution in [3.8, 4) is 0 Å². The second-order valence-electron chi connectivity index (χ2n) is 8.03. The molecule has 1 atom stereocenters. The van der Waals surface area contributed by atoms with Gasteiger partial charge in [0, 0.05) is 26.6 Å². The average Bonchev–Trinajstić information content (AvgIpc) is 3.20. The molecule has 130 valence electrons. The molecule has 1 aliphatic carbocycles. The molecule has 0 aromatic heterocycles. The van der Waals surface area contributed by atoms with Crippen molar-refractivity contribution in [2.75, 3.05) is 25.9 Å². The molecule has 1 unspecified atom stereocenters. The van der Waals surface area contributed by atoms with E-state index in [0.29, 0.717) is 18.8 Å². The van der Waals surface area contributed by atoms with Crippen LogP contribution in [0.3, 0.4) is 0 Å². The Morgan fingerprint density at radius 2 is 1.83 bits per heavy atom. The number of amides is 2. The van der Waals surface area contributed by atoms with E-state index in [4.69, 9.17) is 0 Å². The third kappa shape index (κ3) is 2.57. The van der Waals surface area contributed by atoms with Crippen LogP contribution >= 0.6 is 0 Å². The van der Waals surface area contributed by atoms with Crippen LogP contribution in [0.4, 0.5) is 0 Å². The fourth-order valence-corrected chi connectivity index (χ4v) is 6.52. The topological polar surface area (TPSA) is 83.6 Å². The zero-order chi connectivity index (χ0) is 17.0. The molecule has 0 bridgehead atoms. The van der Waals surface area contributed by atoms with E-state index in [1.54, 1.807) is 4.90 Å². The number of hydrogen-bond acceptors (Lipinski definition) is 4. The summed E-state index contributed by atoms with van der Waals surface area (Å²) in [6.45, 7) is 4.57. The van der Waals surface area contributed by atoms with Gasteiger partial charge in [0.25, 0.3) is 0 Å². The third-order valence-electron chi connectivity index (χ3n) is 6.05. The molecule has 7 heteroatoms. The first-order valence-electron chi connectivity index (χ1n) is 8.35. The van der Waals surface area contributed by atoms with E-state index in [-0.39, 0.29) is 36.1 Å². The summed E-state index contributed by atoms with van der Waals surface area (Å²) in [5.41, 5.74) is -0.0193. The normalized spacial score (nSPS) is 28.5. The van der Waals surface area contributed by atoms with E-state index >= 15 is 0 Å². The van der Waals surface area contributed by atoms with Crippen molar-refractivity contribution < 1.29 is 18.0 Å². The molecule has 23 heavy (non-hydrogen) atoms. The zero-order valence-electron chi connectivity index (χ0n) is 14.1. The summed E-state index contributed by atoms with van der Waals surface area (Å²) >= 11 is 0. The number of carbonyl (C=O) groups excluding carboxylic acids is 2. The molecular formula is C16H26N2O4S. The molecule has 2 aliphatic heterocycles. The maximum Gasteiger partial charge on any atom is 0.224 e. The molecule has 3 fully saturated rings. The summed E-state index contributed by atoms with van der Waals surface area (Å²) in [5.74, 6) is -0.0870. The molecule has 2 heterocycles. The summed E-state index contributed by atoms with van der Waals surface area (Å²) in [7, 11) is -1.79. The van der Waals surface area contributed by atoms with Crippen LogP contribution in [-0.2, 0) is 19.4 Å². The molecule has 0 radical (unpaired) electrons. The fourth-order valence-electron chi connectivity index (χ4n) is 4.20. The van der Waals surface area contributed by atoms with Gasteiger partial charge in [0.05, 0.1) is 11.7 Å². The minimum atomic E-state index is -3.32. The lowest BCUT2D eigenvalue weighted by Gasteiger charge is -2.50. The Kier molecular flexibility index (Phi) is 3.78. The third-order valence-corrected chi connectivity index (χ3v) is 8.61. The lowest BCUT2D eigenvalue weighted by atomic mass is 9.80. The number of nitrogens with one attached hydrogen (secondary N) is 1. The molecule has 0 aromatic carbocycles. The van der Waals surface area contributed by atoms with Gasteiger partial charge >= 0.3 is 0 Å². The van der Waals surface area contributed by atoms with Crippen LogP contribution in [0.1, 0.15) is 39.5 Å². The summed E-state index contributed by atoms with van der Waals surface area (Å²) < 4.78 is 23.9. The van der Waals surface area contributed by atoms with E-state index in [1.165, 1.54) is 19.9 Å². The number of rotatable bonds is 4. The van der Waals surface area contributed by atoms with E-state index in [0.717, 1.165) is 0 Å². The first kappa shape index (κ1) is 16.7. The lowest BCUT2D eigenvalue weighted by Crippen LogP contribution is -2.70. The van der Waals surface area contributed by atoms with Gasteiger partial charge in [0.15, 0.2) is 9.84 Å². The summed E-state index contributed by atoms with van der Waals surface area (Å²) in [6.07, 6.45) is 3.17. The highest BCUT2D eigenvalue weighted by molar-refractivity contribution is 7.93. The van der Waals surface area contributed by atoms with Gasteiger partial charge in [-0.2, -0.15) is 0 Å². The Morgan fingerprint density at radius 3 is 2.35 bits per heavy atom. The van der Waals surface area contributed by atoms with Crippen LogP contribution < -0.4 is 5.32 Å². The van der Waals surface area contributed by atoms with Crippen LogP contribution in [0.2, 0.25) is 0 Å². The molecule has 3 aliphatic rings. The first-order chi connectivity index (χ1) is 10.6. The highest BCUT2D eigenvalue weighted by Gasteiger charge is 2.64. The van der Waals surface area contributed by atoms with Crippen LogP contribution in [0, 0.1) is 17.3 Å². The van der Waals surface area contributed by atoms with Gasteiger partial charge in [0.2, 0.25) is 11.8 Å². The van der Waals surface area contributed by atoms with E-state index in [2.05, 4.69) is 19.2 Å². The van der Waals surface area contributed by atoms with Crippen molar-refractivity contribution in [1.82, 2.24) is 10.2 Å². The van der Waals surface area contributed by atoms with Crippen molar-refractivity contribution in [3.05, 3.63) is 0 Å². The number of hydrogen-bond donors (Lipinski definition) is 1. The highest BCUT2D eigenvalue weighted by Crippen LogP contribution is 2.49. The predicted octanol–water partition coefficient (Wildman–Crippen LogP) is 0.574. The molecule has 6 nitrogen and oxygen atoms in total. The minimum Gasteiger partial charge on any atom is -0.359 e. The second kappa shape index (κ2) is 5.19. The quantitative estimate of drug-likeness (QED) is 0.810. The van der Waals surface area contributed by atoms with Crippen molar-refractivity contribution >= 4 is 21.7 Å². The molecule has 1 saturated carbocycles. The highest BCUT2D eigenvalue weighted by atomic mass is 32.2. The van der Waals surface area contributed by atoms with Gasteiger partial charge in [-0.05, 0) is 30.6 Å². The number of carbonyl (C=O) groups is 2. The van der Waals surface area contributed by atoms with E-state index < -0.39 is 20.5 Å². The van der Waals surface area contributed by atoms with Gasteiger partial charge in [0.1, 0.15) is 4.75 Å². The van der Waals surface area contributed by atoms with Gasteiger partial charge in [-0.15, -0.1) is 0 Å². The Balaban J connectivity index is 1.70. The molecule has 1 spiro atoms. The molecule has 0 aromatic rings. The van der Waals surface area contributed by atoms with Crippen molar-refractivity contribution in [2.24, 2.45) is 17.3 Å². The Bertz CT molecular complexity index is 630. The molecule has 2 amide bonds. The molecule has 3 rings (SSSR count). The predicted molar refractivity (Wildman–Crippen MR) is 86.4 cm³/mol. The van der Waals surface area contributed by atoms with Crippen LogP contribution in [0.25, 0.3) is 0 Å². The second-order valence-corrected chi connectivity index (χ2v) is 10.5. The van der Waals surface area contributed by atoms with E-state index in [9.17, 15) is 18.0 Å². The molecular weight excluding hydrogens is 316 g/mol. The van der Waals surface area contributed by atoms with E-state index in [1.807, 2.05) is 0 Å². The standard InChI is InChI=1S/C16H26N2O4S/c1-15(2,11-4-5-11)8-13(19)18-9-16(10-18)12(14(20)17-3)6-7-23(16,21)22/h11-12H,4-10H2,1-3H3,(H,17,20). The first-order valence-corrected chi connectivity index (χ1v) is 10.00. The van der Waals surface area contributed by atoms with Crippen LogP contribution in [0.5, 0.6) is 0 Å². The van der Waals surface area contributed by atoms with Crippen LogP contribution in [-0.4, -0.2) is 55.8 Å². The Morgan fingerprint density at radius 1 is 1.22 bits per heavy atom. The van der Waals surface area contributed by atoms with Crippen molar-refractivity contribution in [1.29, 1.82) is 0 Å². The van der Waals surface area contributed by atoms with Crippen molar-refractivity contribution in [3.63, 3.8) is 0 Å². The summed E-state index contributed by atoms with van der Waals surface area (Å²) in [5, 5.41) is 2.57. The Hall–Kier alpha value is -1.11. The van der Waals surface area contributed by atoms with Gasteiger partial charge in [-0.1, -0.05) is 13.8 Å². The summed E-state index contributed by atoms with van der Waals surface area (Å²) in [4.78, 5) is 26.2. The largest absolute Gasteiger partial charge is 0.359 e. The number of nitrogens with zero attached hydrogens (tertiary/aromatic N) is 1. The van der Waals surface area contributed by atoms with Crippen molar-refractivity contribution in [2.45, 2.75) is 44.3 Å². The smallest absolute Gasteiger partial charge is 0.224 e. The number of likely N-dealkylation sites (tertiary alicyclic amines) is 1. The van der Waals surface area contributed by atoms with Gasteiger partial charge in [-0.3, -0.25) is 9.59 Å². The summed E-state index contributed by atoms with van der Waals surface area (Å²) in [6, 6.07) is 0.